The largest absolute Gasteiger partial charge is 0.467 e. The Bertz CT molecular complexity index is 587. The summed E-state index contributed by atoms with van der Waals surface area (Å²) in [4.78, 5) is 37.3. The topological polar surface area (TPSA) is 112 Å². The van der Waals surface area contributed by atoms with Crippen molar-refractivity contribution in [3.8, 4) is 0 Å². The fourth-order valence-electron chi connectivity index (χ4n) is 2.53. The molecular formula is C16H23N3O5. The molecule has 0 radical (unpaired) electrons. The van der Waals surface area contributed by atoms with Crippen molar-refractivity contribution in [2.45, 2.75) is 45.3 Å². The molecule has 3 N–H and O–H groups in total. The molecule has 8 heteroatoms. The number of urea groups is 1. The number of nitrogens with zero attached hydrogens (tertiary/aromatic N) is 1. The van der Waals surface area contributed by atoms with E-state index < -0.39 is 18.0 Å². The first-order valence-electron chi connectivity index (χ1n) is 8.00. The Morgan fingerprint density at radius 1 is 1.50 bits per heavy atom. The normalized spacial score (nSPS) is 20.0. The van der Waals surface area contributed by atoms with E-state index in [-0.39, 0.29) is 37.4 Å². The van der Waals surface area contributed by atoms with Crippen molar-refractivity contribution in [3.05, 3.63) is 24.2 Å². The number of hydrogen-bond donors (Lipinski definition) is 3. The SMILES string of the molecule is CC[C@@H](C)[C@@H](CO)NC(=O)C[C@@H]1NC(=O)N(Cc2ccco2)C1=O. The molecule has 1 saturated heterocycles. The van der Waals surface area contributed by atoms with Crippen molar-refractivity contribution in [1.82, 2.24) is 15.5 Å². The Labute approximate surface area is 140 Å². The van der Waals surface area contributed by atoms with Gasteiger partial charge in [0, 0.05) is 0 Å². The van der Waals surface area contributed by atoms with Crippen LogP contribution in [0.2, 0.25) is 0 Å². The third kappa shape index (κ3) is 4.14. The second-order valence-corrected chi connectivity index (χ2v) is 5.95. The molecule has 3 atom stereocenters. The van der Waals surface area contributed by atoms with E-state index in [2.05, 4.69) is 10.6 Å². The molecule has 2 heterocycles. The van der Waals surface area contributed by atoms with Crippen molar-refractivity contribution in [3.63, 3.8) is 0 Å². The smallest absolute Gasteiger partial charge is 0.325 e. The van der Waals surface area contributed by atoms with Crippen molar-refractivity contribution in [2.75, 3.05) is 6.61 Å². The number of hydrogen-bond acceptors (Lipinski definition) is 5. The van der Waals surface area contributed by atoms with Crippen LogP contribution in [0.15, 0.2) is 22.8 Å². The van der Waals surface area contributed by atoms with Gasteiger partial charge >= 0.3 is 6.03 Å². The van der Waals surface area contributed by atoms with Crippen LogP contribution >= 0.6 is 0 Å². The van der Waals surface area contributed by atoms with Gasteiger partial charge in [0.1, 0.15) is 11.8 Å². The van der Waals surface area contributed by atoms with Gasteiger partial charge in [-0.05, 0) is 18.1 Å². The van der Waals surface area contributed by atoms with E-state index in [0.717, 1.165) is 11.3 Å². The maximum absolute atomic E-state index is 12.3. The third-order valence-corrected chi connectivity index (χ3v) is 4.26. The quantitative estimate of drug-likeness (QED) is 0.602. The zero-order valence-corrected chi connectivity index (χ0v) is 13.8. The van der Waals surface area contributed by atoms with Gasteiger partial charge in [-0.2, -0.15) is 0 Å². The van der Waals surface area contributed by atoms with Crippen molar-refractivity contribution in [1.29, 1.82) is 0 Å². The van der Waals surface area contributed by atoms with Gasteiger partial charge < -0.3 is 20.2 Å². The fraction of sp³-hybridized carbons (Fsp3) is 0.562. The Balaban J connectivity index is 1.92. The Morgan fingerprint density at radius 2 is 2.25 bits per heavy atom. The number of carbonyl (C=O) groups excluding carboxylic acids is 3. The van der Waals surface area contributed by atoms with Crippen molar-refractivity contribution in [2.24, 2.45) is 5.92 Å². The van der Waals surface area contributed by atoms with Crippen LogP contribution in [-0.4, -0.2) is 46.5 Å². The minimum Gasteiger partial charge on any atom is -0.467 e. The molecule has 24 heavy (non-hydrogen) atoms. The Kier molecular flexibility index (Phi) is 5.97. The monoisotopic (exact) mass is 337 g/mol. The zero-order chi connectivity index (χ0) is 17.7. The summed E-state index contributed by atoms with van der Waals surface area (Å²) in [5, 5.41) is 14.6. The zero-order valence-electron chi connectivity index (χ0n) is 13.8. The highest BCUT2D eigenvalue weighted by Gasteiger charge is 2.39. The highest BCUT2D eigenvalue weighted by molar-refractivity contribution is 6.05. The van der Waals surface area contributed by atoms with E-state index in [1.807, 2.05) is 13.8 Å². The first-order valence-corrected chi connectivity index (χ1v) is 8.00. The molecular weight excluding hydrogens is 314 g/mol. The van der Waals surface area contributed by atoms with Crippen LogP contribution in [0.4, 0.5) is 4.79 Å². The van der Waals surface area contributed by atoms with Crippen LogP contribution in [0.5, 0.6) is 0 Å². The third-order valence-electron chi connectivity index (χ3n) is 4.26. The molecule has 1 aliphatic heterocycles. The van der Waals surface area contributed by atoms with Crippen LogP contribution in [0.25, 0.3) is 0 Å². The summed E-state index contributed by atoms with van der Waals surface area (Å²) in [6.07, 6.45) is 2.11. The summed E-state index contributed by atoms with van der Waals surface area (Å²) in [6, 6.07) is 1.52. The average Bonchev–Trinajstić information content (AvgIpc) is 3.16. The summed E-state index contributed by atoms with van der Waals surface area (Å²) >= 11 is 0. The number of nitrogens with one attached hydrogen (secondary N) is 2. The van der Waals surface area contributed by atoms with Crippen molar-refractivity contribution >= 4 is 17.8 Å². The highest BCUT2D eigenvalue weighted by atomic mass is 16.3. The Morgan fingerprint density at radius 3 is 2.83 bits per heavy atom. The van der Waals surface area contributed by atoms with Gasteiger partial charge in [-0.1, -0.05) is 20.3 Å². The molecule has 0 aromatic carbocycles. The fourth-order valence-corrected chi connectivity index (χ4v) is 2.53. The van der Waals surface area contributed by atoms with E-state index in [1.54, 1.807) is 12.1 Å². The number of rotatable bonds is 8. The van der Waals surface area contributed by atoms with Gasteiger partial charge in [0.25, 0.3) is 5.91 Å². The average molecular weight is 337 g/mol. The lowest BCUT2D eigenvalue weighted by molar-refractivity contribution is -0.131. The highest BCUT2D eigenvalue weighted by Crippen LogP contribution is 2.15. The van der Waals surface area contributed by atoms with Gasteiger partial charge in [-0.3, -0.25) is 14.5 Å². The number of amides is 4. The van der Waals surface area contributed by atoms with E-state index >= 15 is 0 Å². The molecule has 1 aliphatic rings. The summed E-state index contributed by atoms with van der Waals surface area (Å²) in [5.41, 5.74) is 0. The number of imide groups is 1. The molecule has 0 aliphatic carbocycles. The first-order chi connectivity index (χ1) is 11.5. The number of aliphatic hydroxyl groups excluding tert-OH is 1. The van der Waals surface area contributed by atoms with Crippen LogP contribution in [-0.2, 0) is 16.1 Å². The predicted octanol–water partition coefficient (Wildman–Crippen LogP) is 0.613. The van der Waals surface area contributed by atoms with E-state index in [0.29, 0.717) is 5.76 Å². The molecule has 0 bridgehead atoms. The van der Waals surface area contributed by atoms with Crippen LogP contribution in [0, 0.1) is 5.92 Å². The molecule has 0 spiro atoms. The molecule has 8 nitrogen and oxygen atoms in total. The van der Waals surface area contributed by atoms with Crippen LogP contribution in [0.1, 0.15) is 32.4 Å². The summed E-state index contributed by atoms with van der Waals surface area (Å²) in [7, 11) is 0. The number of aliphatic hydroxyl groups is 1. The lowest BCUT2D eigenvalue weighted by Gasteiger charge is -2.22. The molecule has 1 aromatic heterocycles. The predicted molar refractivity (Wildman–Crippen MR) is 84.7 cm³/mol. The second kappa shape index (κ2) is 7.96. The van der Waals surface area contributed by atoms with E-state index in [9.17, 15) is 19.5 Å². The molecule has 2 rings (SSSR count). The first kappa shape index (κ1) is 18.0. The lowest BCUT2D eigenvalue weighted by atomic mass is 9.99. The maximum Gasteiger partial charge on any atom is 0.325 e. The Hall–Kier alpha value is -2.35. The molecule has 0 saturated carbocycles. The maximum atomic E-state index is 12.3. The minimum atomic E-state index is -0.899. The summed E-state index contributed by atoms with van der Waals surface area (Å²) < 4.78 is 5.13. The molecule has 1 aromatic rings. The number of furan rings is 1. The number of carbonyl (C=O) groups is 3. The molecule has 0 unspecified atom stereocenters. The van der Waals surface area contributed by atoms with Crippen LogP contribution in [0.3, 0.4) is 0 Å². The molecule has 1 fully saturated rings. The standard InChI is InChI=1S/C16H23N3O5/c1-3-10(2)13(9-20)17-14(21)7-12-15(22)19(16(23)18-12)8-11-5-4-6-24-11/h4-6,10,12-13,20H,3,7-9H2,1-2H3,(H,17,21)(H,18,23)/t10-,12+,13-/m1/s1. The van der Waals surface area contributed by atoms with Gasteiger partial charge in [0.2, 0.25) is 5.91 Å². The van der Waals surface area contributed by atoms with Crippen LogP contribution < -0.4 is 10.6 Å². The summed E-state index contributed by atoms with van der Waals surface area (Å²) in [5.74, 6) is -0.243. The lowest BCUT2D eigenvalue weighted by Crippen LogP contribution is -2.44. The van der Waals surface area contributed by atoms with E-state index in [4.69, 9.17) is 4.42 Å². The van der Waals surface area contributed by atoms with Gasteiger partial charge in [0.15, 0.2) is 0 Å². The second-order valence-electron chi connectivity index (χ2n) is 5.95. The van der Waals surface area contributed by atoms with Gasteiger partial charge in [-0.15, -0.1) is 0 Å². The van der Waals surface area contributed by atoms with E-state index in [1.165, 1.54) is 6.26 Å². The summed E-state index contributed by atoms with van der Waals surface area (Å²) in [6.45, 7) is 3.75. The molecule has 4 amide bonds. The molecule has 132 valence electrons. The van der Waals surface area contributed by atoms with Gasteiger partial charge in [-0.25, -0.2) is 4.79 Å². The van der Waals surface area contributed by atoms with Gasteiger partial charge in [0.05, 0.1) is 31.9 Å². The van der Waals surface area contributed by atoms with Crippen molar-refractivity contribution < 1.29 is 23.9 Å². The minimum absolute atomic E-state index is 0.0297.